The SMILES string of the molecule is N#CCC[P+](CCC#N)(CCC#N)C1CCCC1. The summed E-state index contributed by atoms with van der Waals surface area (Å²) in [5.74, 6) is 0. The van der Waals surface area contributed by atoms with E-state index in [1.165, 1.54) is 25.7 Å². The first-order chi connectivity index (χ1) is 8.79. The van der Waals surface area contributed by atoms with Gasteiger partial charge in [0.25, 0.3) is 0 Å². The predicted molar refractivity (Wildman–Crippen MR) is 74.5 cm³/mol. The van der Waals surface area contributed by atoms with Gasteiger partial charge in [-0.25, -0.2) is 0 Å². The lowest BCUT2D eigenvalue weighted by atomic mass is 10.4. The minimum absolute atomic E-state index is 0.598. The standard InChI is InChI=1S/C14H21N3P/c15-8-3-11-18(12-4-9-16,13-5-10-17)14-6-1-2-7-14/h14H,1-7,11-13H2/q+1. The summed E-state index contributed by atoms with van der Waals surface area (Å²) in [5, 5.41) is 26.6. The lowest BCUT2D eigenvalue weighted by molar-refractivity contribution is 0.857. The van der Waals surface area contributed by atoms with Crippen LogP contribution in [0.3, 0.4) is 0 Å². The van der Waals surface area contributed by atoms with Crippen molar-refractivity contribution >= 4 is 7.26 Å². The molecule has 0 radical (unpaired) electrons. The molecule has 0 heterocycles. The van der Waals surface area contributed by atoms with Gasteiger partial charge in [0.1, 0.15) is 0 Å². The summed E-state index contributed by atoms with van der Waals surface area (Å²) in [5.41, 5.74) is 0.729. The number of hydrogen-bond donors (Lipinski definition) is 0. The molecule has 0 saturated heterocycles. The van der Waals surface area contributed by atoms with Crippen molar-refractivity contribution in [1.29, 1.82) is 15.8 Å². The molecule has 0 atom stereocenters. The lowest BCUT2D eigenvalue weighted by Gasteiger charge is -2.31. The molecular formula is C14H21N3P+. The summed E-state index contributed by atoms with van der Waals surface area (Å²) < 4.78 is 0. The Labute approximate surface area is 111 Å². The molecule has 0 N–H and O–H groups in total. The summed E-state index contributed by atoms with van der Waals surface area (Å²) in [4.78, 5) is 0. The summed E-state index contributed by atoms with van der Waals surface area (Å²) in [6.07, 6.45) is 9.80. The molecule has 0 aromatic heterocycles. The maximum atomic E-state index is 8.86. The quantitative estimate of drug-likeness (QED) is 0.657. The van der Waals surface area contributed by atoms with Crippen LogP contribution in [0, 0.1) is 34.0 Å². The molecule has 0 aliphatic heterocycles. The summed E-state index contributed by atoms with van der Waals surface area (Å²) >= 11 is 0. The highest BCUT2D eigenvalue weighted by Gasteiger charge is 2.45. The van der Waals surface area contributed by atoms with Crippen molar-refractivity contribution in [2.45, 2.75) is 50.6 Å². The first kappa shape index (κ1) is 15.0. The monoisotopic (exact) mass is 262 g/mol. The lowest BCUT2D eigenvalue weighted by Crippen LogP contribution is -2.19. The number of nitrogens with zero attached hydrogens (tertiary/aromatic N) is 3. The zero-order chi connectivity index (χ0) is 13.3. The molecule has 3 nitrogen and oxygen atoms in total. The van der Waals surface area contributed by atoms with E-state index < -0.39 is 7.26 Å². The molecule has 0 aromatic carbocycles. The smallest absolute Gasteiger partial charge is 0.0727 e. The van der Waals surface area contributed by atoms with Crippen molar-refractivity contribution in [1.82, 2.24) is 0 Å². The minimum Gasteiger partial charge on any atom is -0.198 e. The number of rotatable bonds is 7. The Hall–Kier alpha value is -1.10. The maximum Gasteiger partial charge on any atom is 0.0727 e. The third-order valence-corrected chi connectivity index (χ3v) is 9.51. The Balaban J connectivity index is 2.80. The van der Waals surface area contributed by atoms with Gasteiger partial charge in [0.05, 0.1) is 61.6 Å². The molecule has 0 bridgehead atoms. The molecule has 0 amide bonds. The highest BCUT2D eigenvalue weighted by molar-refractivity contribution is 7.76. The van der Waals surface area contributed by atoms with Gasteiger partial charge < -0.3 is 0 Å². The molecule has 1 aliphatic carbocycles. The van der Waals surface area contributed by atoms with Gasteiger partial charge in [-0.2, -0.15) is 15.8 Å². The normalized spacial score (nSPS) is 15.8. The van der Waals surface area contributed by atoms with E-state index in [0.29, 0.717) is 19.3 Å². The van der Waals surface area contributed by atoms with Crippen LogP contribution in [0.25, 0.3) is 0 Å². The molecule has 0 aromatic rings. The third-order valence-electron chi connectivity index (χ3n) is 4.11. The van der Waals surface area contributed by atoms with Crippen LogP contribution in [-0.4, -0.2) is 24.1 Å². The molecule has 1 saturated carbocycles. The Morgan fingerprint density at radius 3 is 1.50 bits per heavy atom. The number of nitriles is 3. The molecule has 18 heavy (non-hydrogen) atoms. The zero-order valence-corrected chi connectivity index (χ0v) is 11.8. The van der Waals surface area contributed by atoms with E-state index in [9.17, 15) is 0 Å². The fourth-order valence-corrected chi connectivity index (χ4v) is 8.02. The average Bonchev–Trinajstić information content (AvgIpc) is 2.93. The second-order valence-corrected chi connectivity index (χ2v) is 9.56. The van der Waals surface area contributed by atoms with Gasteiger partial charge in [-0.05, 0) is 25.7 Å². The summed E-state index contributed by atoms with van der Waals surface area (Å²) in [6.45, 7) is 0. The van der Waals surface area contributed by atoms with E-state index in [1.54, 1.807) is 0 Å². The minimum atomic E-state index is -1.26. The fraction of sp³-hybridized carbons (Fsp3) is 0.786. The largest absolute Gasteiger partial charge is 0.198 e. The highest BCUT2D eigenvalue weighted by Crippen LogP contribution is 2.67. The van der Waals surface area contributed by atoms with Gasteiger partial charge in [-0.1, -0.05) is 0 Å². The predicted octanol–water partition coefficient (Wildman–Crippen LogP) is 3.69. The van der Waals surface area contributed by atoms with E-state index in [2.05, 4.69) is 18.2 Å². The topological polar surface area (TPSA) is 71.4 Å². The molecule has 1 aliphatic rings. The van der Waals surface area contributed by atoms with Gasteiger partial charge in [-0.3, -0.25) is 0 Å². The van der Waals surface area contributed by atoms with Crippen LogP contribution in [0.1, 0.15) is 44.9 Å². The van der Waals surface area contributed by atoms with Crippen LogP contribution < -0.4 is 0 Å². The molecule has 1 fully saturated rings. The van der Waals surface area contributed by atoms with Crippen LogP contribution in [0.5, 0.6) is 0 Å². The van der Waals surface area contributed by atoms with Gasteiger partial charge in [0.15, 0.2) is 0 Å². The second kappa shape index (κ2) is 8.08. The first-order valence-corrected chi connectivity index (χ1v) is 9.17. The van der Waals surface area contributed by atoms with Crippen molar-refractivity contribution in [3.05, 3.63) is 0 Å². The molecule has 0 unspecified atom stereocenters. The van der Waals surface area contributed by atoms with Crippen LogP contribution >= 0.6 is 7.26 Å². The van der Waals surface area contributed by atoms with E-state index in [0.717, 1.165) is 24.1 Å². The average molecular weight is 262 g/mol. The van der Waals surface area contributed by atoms with Crippen molar-refractivity contribution in [2.75, 3.05) is 18.5 Å². The van der Waals surface area contributed by atoms with Crippen molar-refractivity contribution in [2.24, 2.45) is 0 Å². The molecule has 1 rings (SSSR count). The third kappa shape index (κ3) is 3.98. The fourth-order valence-electron chi connectivity index (χ4n) is 3.15. The molecular weight excluding hydrogens is 241 g/mol. The van der Waals surface area contributed by atoms with Gasteiger partial charge in [0.2, 0.25) is 0 Å². The first-order valence-electron chi connectivity index (χ1n) is 6.75. The second-order valence-electron chi connectivity index (χ2n) is 5.05. The van der Waals surface area contributed by atoms with E-state index in [-0.39, 0.29) is 0 Å². The Kier molecular flexibility index (Phi) is 6.72. The molecule has 0 spiro atoms. The van der Waals surface area contributed by atoms with Crippen molar-refractivity contribution < 1.29 is 0 Å². The number of hydrogen-bond acceptors (Lipinski definition) is 3. The molecule has 96 valence electrons. The summed E-state index contributed by atoms with van der Waals surface area (Å²) in [7, 11) is -1.26. The van der Waals surface area contributed by atoms with Crippen LogP contribution in [-0.2, 0) is 0 Å². The van der Waals surface area contributed by atoms with Gasteiger partial charge >= 0.3 is 0 Å². The highest BCUT2D eigenvalue weighted by atomic mass is 31.2. The van der Waals surface area contributed by atoms with E-state index >= 15 is 0 Å². The Morgan fingerprint density at radius 2 is 1.17 bits per heavy atom. The van der Waals surface area contributed by atoms with Gasteiger partial charge in [-0.15, -0.1) is 0 Å². The van der Waals surface area contributed by atoms with Crippen LogP contribution in [0.15, 0.2) is 0 Å². The van der Waals surface area contributed by atoms with Crippen molar-refractivity contribution in [3.8, 4) is 18.2 Å². The zero-order valence-electron chi connectivity index (χ0n) is 10.9. The van der Waals surface area contributed by atoms with Crippen LogP contribution in [0.4, 0.5) is 0 Å². The van der Waals surface area contributed by atoms with E-state index in [4.69, 9.17) is 15.8 Å². The van der Waals surface area contributed by atoms with Crippen LogP contribution in [0.2, 0.25) is 0 Å². The summed E-state index contributed by atoms with van der Waals surface area (Å²) in [6, 6.07) is 6.78. The van der Waals surface area contributed by atoms with Crippen molar-refractivity contribution in [3.63, 3.8) is 0 Å². The van der Waals surface area contributed by atoms with E-state index in [1.807, 2.05) is 0 Å². The van der Waals surface area contributed by atoms with Gasteiger partial charge in [0, 0.05) is 7.26 Å². The molecule has 4 heteroatoms. The maximum absolute atomic E-state index is 8.86. The Morgan fingerprint density at radius 1 is 0.778 bits per heavy atom. The Bertz CT molecular complexity index is 320.